The van der Waals surface area contributed by atoms with Crippen LogP contribution >= 0.6 is 0 Å². The molecule has 0 spiro atoms. The minimum Gasteiger partial charge on any atom is -0.444 e. The largest absolute Gasteiger partial charge is 0.444 e. The van der Waals surface area contributed by atoms with Gasteiger partial charge in [-0.25, -0.2) is 9.78 Å². The van der Waals surface area contributed by atoms with Crippen LogP contribution in [0.5, 0.6) is 0 Å². The quantitative estimate of drug-likeness (QED) is 0.858. The third kappa shape index (κ3) is 4.60. The number of aromatic nitrogens is 2. The molecule has 1 aliphatic heterocycles. The van der Waals surface area contributed by atoms with Crippen LogP contribution in [0.3, 0.4) is 0 Å². The highest BCUT2D eigenvalue weighted by Gasteiger charge is 2.33. The lowest BCUT2D eigenvalue weighted by Crippen LogP contribution is -2.45. The SMILES string of the molecule is CC(C)(C)OC(=O)N1CCOCC1c1cn(Cc2ccccc2)cn1. The van der Waals surface area contributed by atoms with Gasteiger partial charge in [-0.15, -0.1) is 0 Å². The molecule has 1 atom stereocenters. The molecule has 0 saturated carbocycles. The average Bonchev–Trinajstić information content (AvgIpc) is 3.02. The summed E-state index contributed by atoms with van der Waals surface area (Å²) >= 11 is 0. The highest BCUT2D eigenvalue weighted by Crippen LogP contribution is 2.25. The van der Waals surface area contributed by atoms with E-state index in [1.54, 1.807) is 11.2 Å². The van der Waals surface area contributed by atoms with Crippen molar-refractivity contribution in [2.24, 2.45) is 0 Å². The van der Waals surface area contributed by atoms with Crippen LogP contribution in [0.15, 0.2) is 42.9 Å². The highest BCUT2D eigenvalue weighted by atomic mass is 16.6. The van der Waals surface area contributed by atoms with E-state index in [-0.39, 0.29) is 12.1 Å². The van der Waals surface area contributed by atoms with E-state index in [4.69, 9.17) is 9.47 Å². The molecule has 0 bridgehead atoms. The number of rotatable bonds is 3. The van der Waals surface area contributed by atoms with Gasteiger partial charge in [0.05, 0.1) is 25.2 Å². The third-order valence-corrected chi connectivity index (χ3v) is 3.96. The molecule has 6 nitrogen and oxygen atoms in total. The molecule has 2 aromatic rings. The monoisotopic (exact) mass is 343 g/mol. The van der Waals surface area contributed by atoms with Crippen molar-refractivity contribution < 1.29 is 14.3 Å². The highest BCUT2D eigenvalue weighted by molar-refractivity contribution is 5.69. The summed E-state index contributed by atoms with van der Waals surface area (Å²) in [6.45, 7) is 7.81. The summed E-state index contributed by atoms with van der Waals surface area (Å²) in [4.78, 5) is 18.7. The van der Waals surface area contributed by atoms with E-state index in [9.17, 15) is 4.79 Å². The van der Waals surface area contributed by atoms with Crippen molar-refractivity contribution in [2.75, 3.05) is 19.8 Å². The summed E-state index contributed by atoms with van der Waals surface area (Å²) in [6.07, 6.45) is 3.45. The average molecular weight is 343 g/mol. The molecular formula is C19H25N3O3. The topological polar surface area (TPSA) is 56.6 Å². The first-order valence-corrected chi connectivity index (χ1v) is 8.55. The second-order valence-corrected chi connectivity index (χ2v) is 7.22. The number of hydrogen-bond donors (Lipinski definition) is 0. The molecule has 1 unspecified atom stereocenters. The maximum absolute atomic E-state index is 12.5. The van der Waals surface area contributed by atoms with E-state index in [0.29, 0.717) is 19.8 Å². The number of hydrogen-bond acceptors (Lipinski definition) is 4. The van der Waals surface area contributed by atoms with Gasteiger partial charge < -0.3 is 14.0 Å². The predicted molar refractivity (Wildman–Crippen MR) is 94.3 cm³/mol. The lowest BCUT2D eigenvalue weighted by atomic mass is 10.1. The minimum absolute atomic E-state index is 0.222. The molecule has 1 aliphatic rings. The van der Waals surface area contributed by atoms with Crippen molar-refractivity contribution in [2.45, 2.75) is 39.0 Å². The van der Waals surface area contributed by atoms with E-state index in [1.807, 2.05) is 49.7 Å². The molecule has 1 saturated heterocycles. The Morgan fingerprint density at radius 3 is 2.80 bits per heavy atom. The fraction of sp³-hybridized carbons (Fsp3) is 0.474. The maximum atomic E-state index is 12.5. The van der Waals surface area contributed by atoms with Gasteiger partial charge in [0.2, 0.25) is 0 Å². The first-order valence-electron chi connectivity index (χ1n) is 8.55. The smallest absolute Gasteiger partial charge is 0.411 e. The number of benzene rings is 1. The number of amides is 1. The van der Waals surface area contributed by atoms with Crippen LogP contribution in [0.4, 0.5) is 4.79 Å². The normalized spacial score (nSPS) is 18.2. The molecule has 3 rings (SSSR count). The van der Waals surface area contributed by atoms with Gasteiger partial charge in [0.1, 0.15) is 11.6 Å². The van der Waals surface area contributed by atoms with Crippen LogP contribution in [0.2, 0.25) is 0 Å². The van der Waals surface area contributed by atoms with Gasteiger partial charge in [-0.1, -0.05) is 30.3 Å². The summed E-state index contributed by atoms with van der Waals surface area (Å²) in [6, 6.07) is 9.98. The molecule has 1 aromatic carbocycles. The van der Waals surface area contributed by atoms with Gasteiger partial charge >= 0.3 is 6.09 Å². The van der Waals surface area contributed by atoms with E-state index >= 15 is 0 Å². The van der Waals surface area contributed by atoms with E-state index in [2.05, 4.69) is 17.1 Å². The molecule has 1 fully saturated rings. The second-order valence-electron chi connectivity index (χ2n) is 7.22. The minimum atomic E-state index is -0.521. The zero-order valence-corrected chi connectivity index (χ0v) is 15.0. The molecule has 0 aliphatic carbocycles. The zero-order valence-electron chi connectivity index (χ0n) is 15.0. The lowest BCUT2D eigenvalue weighted by molar-refractivity contribution is -0.0340. The first-order chi connectivity index (χ1) is 11.9. The van der Waals surface area contributed by atoms with Crippen molar-refractivity contribution >= 4 is 6.09 Å². The number of imidazole rings is 1. The standard InChI is InChI=1S/C19H25N3O3/c1-19(2,3)25-18(23)22-9-10-24-13-17(22)16-12-21(14-20-16)11-15-7-5-4-6-8-15/h4-8,12,14,17H,9-11,13H2,1-3H3. The number of morpholine rings is 1. The Morgan fingerprint density at radius 1 is 1.32 bits per heavy atom. The van der Waals surface area contributed by atoms with Crippen LogP contribution in [0.25, 0.3) is 0 Å². The van der Waals surface area contributed by atoms with Gasteiger partial charge in [-0.2, -0.15) is 0 Å². The predicted octanol–water partition coefficient (Wildman–Crippen LogP) is 3.24. The number of carbonyl (C=O) groups is 1. The van der Waals surface area contributed by atoms with Crippen LogP contribution in [0.1, 0.15) is 38.1 Å². The summed E-state index contributed by atoms with van der Waals surface area (Å²) in [5, 5.41) is 0. The van der Waals surface area contributed by atoms with Gasteiger partial charge in [0.25, 0.3) is 0 Å². The fourth-order valence-electron chi connectivity index (χ4n) is 2.82. The van der Waals surface area contributed by atoms with Gasteiger partial charge in [-0.05, 0) is 26.3 Å². The van der Waals surface area contributed by atoms with Crippen molar-refractivity contribution in [3.8, 4) is 0 Å². The number of ether oxygens (including phenoxy) is 2. The Bertz CT molecular complexity index is 706. The van der Waals surface area contributed by atoms with Crippen LogP contribution in [-0.4, -0.2) is 45.9 Å². The van der Waals surface area contributed by atoms with E-state index in [0.717, 1.165) is 12.2 Å². The molecule has 2 heterocycles. The lowest BCUT2D eigenvalue weighted by Gasteiger charge is -2.35. The zero-order chi connectivity index (χ0) is 17.9. The van der Waals surface area contributed by atoms with E-state index < -0.39 is 5.60 Å². The first kappa shape index (κ1) is 17.5. The summed E-state index contributed by atoms with van der Waals surface area (Å²) < 4.78 is 13.1. The van der Waals surface area contributed by atoms with Crippen molar-refractivity contribution in [3.63, 3.8) is 0 Å². The Labute approximate surface area is 148 Å². The van der Waals surface area contributed by atoms with Gasteiger partial charge in [0, 0.05) is 19.3 Å². The van der Waals surface area contributed by atoms with E-state index in [1.165, 1.54) is 5.56 Å². The summed E-state index contributed by atoms with van der Waals surface area (Å²) in [5.41, 5.74) is 1.50. The third-order valence-electron chi connectivity index (χ3n) is 3.96. The van der Waals surface area contributed by atoms with Gasteiger partial charge in [0.15, 0.2) is 0 Å². The number of nitrogens with zero attached hydrogens (tertiary/aromatic N) is 3. The molecule has 25 heavy (non-hydrogen) atoms. The van der Waals surface area contributed by atoms with Crippen molar-refractivity contribution in [3.05, 3.63) is 54.1 Å². The Balaban J connectivity index is 1.73. The second kappa shape index (κ2) is 7.27. The van der Waals surface area contributed by atoms with Crippen molar-refractivity contribution in [1.82, 2.24) is 14.5 Å². The van der Waals surface area contributed by atoms with Gasteiger partial charge in [-0.3, -0.25) is 4.90 Å². The fourth-order valence-corrected chi connectivity index (χ4v) is 2.82. The van der Waals surface area contributed by atoms with Crippen LogP contribution in [0, 0.1) is 0 Å². The molecule has 1 amide bonds. The summed E-state index contributed by atoms with van der Waals surface area (Å²) in [7, 11) is 0. The molecule has 1 aromatic heterocycles. The van der Waals surface area contributed by atoms with Crippen LogP contribution in [-0.2, 0) is 16.0 Å². The maximum Gasteiger partial charge on any atom is 0.411 e. The molecule has 0 N–H and O–H groups in total. The number of carbonyl (C=O) groups excluding carboxylic acids is 1. The Kier molecular flexibility index (Phi) is 5.08. The van der Waals surface area contributed by atoms with Crippen LogP contribution < -0.4 is 0 Å². The van der Waals surface area contributed by atoms with Crippen molar-refractivity contribution in [1.29, 1.82) is 0 Å². The summed E-state index contributed by atoms with van der Waals surface area (Å²) in [5.74, 6) is 0. The Morgan fingerprint density at radius 2 is 2.08 bits per heavy atom. The molecule has 134 valence electrons. The Hall–Kier alpha value is -2.34. The molecule has 0 radical (unpaired) electrons. The molecular weight excluding hydrogens is 318 g/mol. The molecule has 6 heteroatoms.